The van der Waals surface area contributed by atoms with E-state index in [9.17, 15) is 0 Å². The standard InChI is InChI=1S/C17H21NO2/c1-2-13-19-16-8-10-17(11-9-16)20-14-12-18-15-6-4-3-5-7-15/h3-11,18H,2,12-14H2,1H3. The highest BCUT2D eigenvalue weighted by molar-refractivity contribution is 5.42. The Bertz CT molecular complexity index is 482. The third-order valence-corrected chi connectivity index (χ3v) is 2.77. The first-order valence-corrected chi connectivity index (χ1v) is 7.03. The molecule has 1 N–H and O–H groups in total. The minimum absolute atomic E-state index is 0.629. The molecule has 0 unspecified atom stereocenters. The van der Waals surface area contributed by atoms with Gasteiger partial charge in [0, 0.05) is 12.2 Å². The van der Waals surface area contributed by atoms with Gasteiger partial charge in [-0.1, -0.05) is 25.1 Å². The minimum atomic E-state index is 0.629. The zero-order chi connectivity index (χ0) is 14.0. The Morgan fingerprint density at radius 1 is 0.800 bits per heavy atom. The third kappa shape index (κ3) is 4.84. The van der Waals surface area contributed by atoms with E-state index in [-0.39, 0.29) is 0 Å². The molecule has 0 amide bonds. The lowest BCUT2D eigenvalue weighted by Crippen LogP contribution is -2.11. The smallest absolute Gasteiger partial charge is 0.119 e. The van der Waals surface area contributed by atoms with Crippen molar-refractivity contribution < 1.29 is 9.47 Å². The maximum Gasteiger partial charge on any atom is 0.119 e. The van der Waals surface area contributed by atoms with Crippen LogP contribution in [0.25, 0.3) is 0 Å². The van der Waals surface area contributed by atoms with Gasteiger partial charge in [-0.25, -0.2) is 0 Å². The highest BCUT2D eigenvalue weighted by Crippen LogP contribution is 2.17. The topological polar surface area (TPSA) is 30.5 Å². The Balaban J connectivity index is 1.69. The number of hydrogen-bond donors (Lipinski definition) is 1. The summed E-state index contributed by atoms with van der Waals surface area (Å²) in [6.45, 7) is 4.25. The van der Waals surface area contributed by atoms with Crippen LogP contribution in [0.3, 0.4) is 0 Å². The van der Waals surface area contributed by atoms with Crippen molar-refractivity contribution in [2.45, 2.75) is 13.3 Å². The van der Waals surface area contributed by atoms with Gasteiger partial charge in [0.05, 0.1) is 6.61 Å². The molecule has 0 aliphatic rings. The second-order valence-corrected chi connectivity index (χ2v) is 4.46. The second kappa shape index (κ2) is 8.10. The summed E-state index contributed by atoms with van der Waals surface area (Å²) < 4.78 is 11.2. The van der Waals surface area contributed by atoms with Gasteiger partial charge in [0.2, 0.25) is 0 Å². The number of benzene rings is 2. The van der Waals surface area contributed by atoms with Crippen LogP contribution in [0.1, 0.15) is 13.3 Å². The predicted molar refractivity (Wildman–Crippen MR) is 82.7 cm³/mol. The number of nitrogens with one attached hydrogen (secondary N) is 1. The molecular weight excluding hydrogens is 250 g/mol. The Morgan fingerprint density at radius 2 is 1.40 bits per heavy atom. The van der Waals surface area contributed by atoms with Crippen LogP contribution in [0.15, 0.2) is 54.6 Å². The zero-order valence-electron chi connectivity index (χ0n) is 11.8. The summed E-state index contributed by atoms with van der Waals surface area (Å²) in [5.74, 6) is 1.75. The molecule has 0 heterocycles. The van der Waals surface area contributed by atoms with Gasteiger partial charge in [0.1, 0.15) is 18.1 Å². The fraction of sp³-hybridized carbons (Fsp3) is 0.294. The highest BCUT2D eigenvalue weighted by Gasteiger charge is 1.96. The monoisotopic (exact) mass is 271 g/mol. The average Bonchev–Trinajstić information content (AvgIpc) is 2.52. The summed E-state index contributed by atoms with van der Waals surface area (Å²) in [7, 11) is 0. The molecule has 0 saturated carbocycles. The Labute approximate surface area is 120 Å². The summed E-state index contributed by atoms with van der Waals surface area (Å²) >= 11 is 0. The molecule has 2 rings (SSSR count). The van der Waals surface area contributed by atoms with Crippen LogP contribution in [0, 0.1) is 0 Å². The lowest BCUT2D eigenvalue weighted by atomic mass is 10.3. The molecule has 3 nitrogen and oxygen atoms in total. The molecule has 0 aliphatic heterocycles. The lowest BCUT2D eigenvalue weighted by Gasteiger charge is -2.09. The number of anilines is 1. The van der Waals surface area contributed by atoms with E-state index in [2.05, 4.69) is 12.2 Å². The number of ether oxygens (including phenoxy) is 2. The first-order valence-electron chi connectivity index (χ1n) is 7.03. The van der Waals surface area contributed by atoms with E-state index < -0.39 is 0 Å². The van der Waals surface area contributed by atoms with Crippen LogP contribution in [-0.2, 0) is 0 Å². The van der Waals surface area contributed by atoms with Gasteiger partial charge >= 0.3 is 0 Å². The molecule has 0 radical (unpaired) electrons. The van der Waals surface area contributed by atoms with Crippen molar-refractivity contribution in [1.82, 2.24) is 0 Å². The minimum Gasteiger partial charge on any atom is -0.494 e. The van der Waals surface area contributed by atoms with Crippen molar-refractivity contribution in [2.24, 2.45) is 0 Å². The van der Waals surface area contributed by atoms with Crippen LogP contribution in [-0.4, -0.2) is 19.8 Å². The number of hydrogen-bond acceptors (Lipinski definition) is 3. The van der Waals surface area contributed by atoms with E-state index in [1.165, 1.54) is 0 Å². The lowest BCUT2D eigenvalue weighted by molar-refractivity contribution is 0.313. The van der Waals surface area contributed by atoms with Crippen molar-refractivity contribution in [2.75, 3.05) is 25.1 Å². The van der Waals surface area contributed by atoms with E-state index in [1.807, 2.05) is 54.6 Å². The van der Waals surface area contributed by atoms with Crippen molar-refractivity contribution in [3.8, 4) is 11.5 Å². The summed E-state index contributed by atoms with van der Waals surface area (Å²) in [5.41, 5.74) is 1.11. The van der Waals surface area contributed by atoms with Crippen LogP contribution in [0.2, 0.25) is 0 Å². The second-order valence-electron chi connectivity index (χ2n) is 4.46. The molecule has 0 aliphatic carbocycles. The van der Waals surface area contributed by atoms with E-state index in [0.29, 0.717) is 6.61 Å². The van der Waals surface area contributed by atoms with Gasteiger partial charge in [-0.2, -0.15) is 0 Å². The molecule has 0 atom stereocenters. The molecule has 0 fully saturated rings. The first-order chi connectivity index (χ1) is 9.88. The average molecular weight is 271 g/mol. The van der Waals surface area contributed by atoms with E-state index in [1.54, 1.807) is 0 Å². The normalized spacial score (nSPS) is 10.1. The predicted octanol–water partition coefficient (Wildman–Crippen LogP) is 3.97. The van der Waals surface area contributed by atoms with Gasteiger partial charge in [0.15, 0.2) is 0 Å². The first kappa shape index (κ1) is 14.3. The molecule has 0 spiro atoms. The van der Waals surface area contributed by atoms with Crippen molar-refractivity contribution >= 4 is 5.69 Å². The van der Waals surface area contributed by atoms with Crippen molar-refractivity contribution in [3.05, 3.63) is 54.6 Å². The summed E-state index contributed by atoms with van der Waals surface area (Å²) in [6.07, 6.45) is 1.02. The van der Waals surface area contributed by atoms with Crippen LogP contribution >= 0.6 is 0 Å². The SMILES string of the molecule is CCCOc1ccc(OCCNc2ccccc2)cc1. The zero-order valence-corrected chi connectivity index (χ0v) is 11.8. The number of rotatable bonds is 8. The van der Waals surface area contributed by atoms with Gasteiger partial charge in [-0.15, -0.1) is 0 Å². The van der Waals surface area contributed by atoms with Gasteiger partial charge in [0.25, 0.3) is 0 Å². The molecule has 2 aromatic carbocycles. The van der Waals surface area contributed by atoms with E-state index in [0.717, 1.165) is 36.8 Å². The van der Waals surface area contributed by atoms with E-state index in [4.69, 9.17) is 9.47 Å². The summed E-state index contributed by atoms with van der Waals surface area (Å²) in [4.78, 5) is 0. The quantitative estimate of drug-likeness (QED) is 0.737. The Hall–Kier alpha value is -2.16. The molecule has 0 aromatic heterocycles. The maximum atomic E-state index is 5.67. The molecule has 106 valence electrons. The van der Waals surface area contributed by atoms with Crippen molar-refractivity contribution in [3.63, 3.8) is 0 Å². The number of para-hydroxylation sites is 1. The van der Waals surface area contributed by atoms with Crippen LogP contribution in [0.5, 0.6) is 11.5 Å². The van der Waals surface area contributed by atoms with Gasteiger partial charge < -0.3 is 14.8 Å². The fourth-order valence-corrected chi connectivity index (χ4v) is 1.77. The summed E-state index contributed by atoms with van der Waals surface area (Å²) in [6, 6.07) is 17.9. The molecule has 3 heteroatoms. The highest BCUT2D eigenvalue weighted by atomic mass is 16.5. The van der Waals surface area contributed by atoms with Crippen molar-refractivity contribution in [1.29, 1.82) is 0 Å². The third-order valence-electron chi connectivity index (χ3n) is 2.77. The molecule has 20 heavy (non-hydrogen) atoms. The largest absolute Gasteiger partial charge is 0.494 e. The van der Waals surface area contributed by atoms with Gasteiger partial charge in [-0.05, 0) is 42.8 Å². The Kier molecular flexibility index (Phi) is 5.77. The molecule has 2 aromatic rings. The fourth-order valence-electron chi connectivity index (χ4n) is 1.77. The summed E-state index contributed by atoms with van der Waals surface area (Å²) in [5, 5.41) is 3.30. The molecular formula is C17H21NO2. The van der Waals surface area contributed by atoms with E-state index >= 15 is 0 Å². The Morgan fingerprint density at radius 3 is 2.00 bits per heavy atom. The van der Waals surface area contributed by atoms with Crippen LogP contribution < -0.4 is 14.8 Å². The van der Waals surface area contributed by atoms with Gasteiger partial charge in [-0.3, -0.25) is 0 Å². The van der Waals surface area contributed by atoms with Crippen LogP contribution in [0.4, 0.5) is 5.69 Å². The molecule has 0 bridgehead atoms. The maximum absolute atomic E-state index is 5.67. The molecule has 0 saturated heterocycles.